The Labute approximate surface area is 128 Å². The quantitative estimate of drug-likeness (QED) is 0.786. The van der Waals surface area contributed by atoms with Crippen LogP contribution in [0.3, 0.4) is 0 Å². The fourth-order valence-corrected chi connectivity index (χ4v) is 2.11. The number of aromatic amines is 1. The van der Waals surface area contributed by atoms with Gasteiger partial charge in [0, 0.05) is 23.5 Å². The normalized spacial score (nSPS) is 11.2. The number of halogens is 3. The molecule has 0 unspecified atom stereocenters. The SMILES string of the molecule is N#Cc1[nH]nnc1-c1cccc(-c2cncc(C(F)(F)F)c2)c1. The van der Waals surface area contributed by atoms with Crippen molar-refractivity contribution in [2.24, 2.45) is 0 Å². The van der Waals surface area contributed by atoms with E-state index >= 15 is 0 Å². The fraction of sp³-hybridized carbons (Fsp3) is 0.0667. The van der Waals surface area contributed by atoms with Crippen molar-refractivity contribution in [3.63, 3.8) is 0 Å². The van der Waals surface area contributed by atoms with E-state index in [1.54, 1.807) is 24.3 Å². The number of H-pyrrole nitrogens is 1. The molecule has 5 nitrogen and oxygen atoms in total. The van der Waals surface area contributed by atoms with Gasteiger partial charge in [-0.1, -0.05) is 23.4 Å². The molecule has 114 valence electrons. The monoisotopic (exact) mass is 315 g/mol. The van der Waals surface area contributed by atoms with Gasteiger partial charge < -0.3 is 0 Å². The van der Waals surface area contributed by atoms with Gasteiger partial charge in [-0.05, 0) is 17.7 Å². The van der Waals surface area contributed by atoms with Crippen LogP contribution >= 0.6 is 0 Å². The van der Waals surface area contributed by atoms with E-state index in [2.05, 4.69) is 20.4 Å². The van der Waals surface area contributed by atoms with Crippen LogP contribution in [0.25, 0.3) is 22.4 Å². The standard InChI is InChI=1S/C15H8F3N5/c16-15(17,18)12-5-11(7-20-8-12)9-2-1-3-10(4-9)14-13(6-19)21-23-22-14/h1-5,7-8H,(H,21,22,23). The molecule has 0 fully saturated rings. The molecule has 0 bridgehead atoms. The van der Waals surface area contributed by atoms with Crippen LogP contribution in [0.1, 0.15) is 11.3 Å². The number of pyridine rings is 1. The highest BCUT2D eigenvalue weighted by molar-refractivity contribution is 5.73. The molecule has 0 aliphatic carbocycles. The van der Waals surface area contributed by atoms with Crippen LogP contribution in [0, 0.1) is 11.3 Å². The Morgan fingerprint density at radius 3 is 2.57 bits per heavy atom. The molecule has 0 saturated heterocycles. The molecule has 23 heavy (non-hydrogen) atoms. The Kier molecular flexibility index (Phi) is 3.54. The Morgan fingerprint density at radius 1 is 1.04 bits per heavy atom. The number of rotatable bonds is 2. The molecule has 0 atom stereocenters. The molecule has 0 amide bonds. The van der Waals surface area contributed by atoms with E-state index in [1.807, 2.05) is 6.07 Å². The molecule has 0 saturated carbocycles. The van der Waals surface area contributed by atoms with Crippen LogP contribution in [0.5, 0.6) is 0 Å². The molecule has 3 rings (SSSR count). The molecular weight excluding hydrogens is 307 g/mol. The maximum absolute atomic E-state index is 12.8. The molecule has 1 aromatic carbocycles. The summed E-state index contributed by atoms with van der Waals surface area (Å²) in [5, 5.41) is 18.8. The van der Waals surface area contributed by atoms with Gasteiger partial charge in [-0.3, -0.25) is 4.98 Å². The minimum Gasteiger partial charge on any atom is -0.263 e. The molecule has 0 aliphatic heterocycles. The van der Waals surface area contributed by atoms with E-state index in [0.717, 1.165) is 12.3 Å². The first-order valence-electron chi connectivity index (χ1n) is 6.43. The molecule has 0 aliphatic rings. The van der Waals surface area contributed by atoms with Crippen molar-refractivity contribution in [2.75, 3.05) is 0 Å². The second-order valence-electron chi connectivity index (χ2n) is 4.69. The summed E-state index contributed by atoms with van der Waals surface area (Å²) in [7, 11) is 0. The van der Waals surface area contributed by atoms with Gasteiger partial charge in [0.25, 0.3) is 0 Å². The van der Waals surface area contributed by atoms with Crippen molar-refractivity contribution >= 4 is 0 Å². The summed E-state index contributed by atoms with van der Waals surface area (Å²) in [6.45, 7) is 0. The summed E-state index contributed by atoms with van der Waals surface area (Å²) in [4.78, 5) is 3.65. The molecule has 3 aromatic rings. The minimum atomic E-state index is -4.46. The average Bonchev–Trinajstić information content (AvgIpc) is 3.03. The zero-order valence-corrected chi connectivity index (χ0v) is 11.5. The van der Waals surface area contributed by atoms with Gasteiger partial charge >= 0.3 is 6.18 Å². The first-order chi connectivity index (χ1) is 11.0. The highest BCUT2D eigenvalue weighted by Gasteiger charge is 2.31. The summed E-state index contributed by atoms with van der Waals surface area (Å²) >= 11 is 0. The second-order valence-corrected chi connectivity index (χ2v) is 4.69. The summed E-state index contributed by atoms with van der Waals surface area (Å²) in [5.74, 6) is 0. The summed E-state index contributed by atoms with van der Waals surface area (Å²) in [5.41, 5.74) is 1.14. The highest BCUT2D eigenvalue weighted by Crippen LogP contribution is 2.32. The van der Waals surface area contributed by atoms with E-state index < -0.39 is 11.7 Å². The lowest BCUT2D eigenvalue weighted by molar-refractivity contribution is -0.137. The summed E-state index contributed by atoms with van der Waals surface area (Å²) in [6.07, 6.45) is -2.33. The minimum absolute atomic E-state index is 0.185. The largest absolute Gasteiger partial charge is 0.417 e. The van der Waals surface area contributed by atoms with Crippen molar-refractivity contribution in [3.8, 4) is 28.5 Å². The van der Waals surface area contributed by atoms with Gasteiger partial charge in [0.2, 0.25) is 0 Å². The van der Waals surface area contributed by atoms with Crippen LogP contribution < -0.4 is 0 Å². The third kappa shape index (κ3) is 2.89. The number of nitriles is 1. The van der Waals surface area contributed by atoms with E-state index in [-0.39, 0.29) is 5.69 Å². The van der Waals surface area contributed by atoms with Crippen molar-refractivity contribution in [3.05, 3.63) is 54.0 Å². The van der Waals surface area contributed by atoms with E-state index in [9.17, 15) is 13.2 Å². The Morgan fingerprint density at radius 2 is 1.83 bits per heavy atom. The average molecular weight is 315 g/mol. The second kappa shape index (κ2) is 5.53. The molecular formula is C15H8F3N5. The number of hydrogen-bond donors (Lipinski definition) is 1. The maximum atomic E-state index is 12.8. The number of nitrogens with one attached hydrogen (secondary N) is 1. The third-order valence-electron chi connectivity index (χ3n) is 3.20. The van der Waals surface area contributed by atoms with Crippen LogP contribution in [0.2, 0.25) is 0 Å². The molecule has 2 aromatic heterocycles. The van der Waals surface area contributed by atoms with Crippen molar-refractivity contribution in [1.82, 2.24) is 20.4 Å². The third-order valence-corrected chi connectivity index (χ3v) is 3.20. The lowest BCUT2D eigenvalue weighted by Gasteiger charge is -2.09. The van der Waals surface area contributed by atoms with Crippen LogP contribution in [-0.4, -0.2) is 20.4 Å². The number of benzene rings is 1. The Bertz CT molecular complexity index is 892. The van der Waals surface area contributed by atoms with E-state index in [4.69, 9.17) is 5.26 Å². The molecule has 0 radical (unpaired) electrons. The van der Waals surface area contributed by atoms with Gasteiger partial charge in [-0.2, -0.15) is 18.4 Å². The molecule has 0 spiro atoms. The van der Waals surface area contributed by atoms with Crippen molar-refractivity contribution in [2.45, 2.75) is 6.18 Å². The van der Waals surface area contributed by atoms with Crippen LogP contribution in [-0.2, 0) is 6.18 Å². The number of nitrogens with zero attached hydrogens (tertiary/aromatic N) is 4. The number of hydrogen-bond acceptors (Lipinski definition) is 4. The predicted molar refractivity (Wildman–Crippen MR) is 74.8 cm³/mol. The van der Waals surface area contributed by atoms with Gasteiger partial charge in [0.15, 0.2) is 5.69 Å². The Hall–Kier alpha value is -3.21. The maximum Gasteiger partial charge on any atom is 0.417 e. The van der Waals surface area contributed by atoms with E-state index in [0.29, 0.717) is 22.4 Å². The molecule has 2 heterocycles. The Balaban J connectivity index is 2.06. The zero-order valence-electron chi connectivity index (χ0n) is 11.5. The predicted octanol–water partition coefficient (Wildman–Crippen LogP) is 3.42. The number of aromatic nitrogens is 4. The highest BCUT2D eigenvalue weighted by atomic mass is 19.4. The summed E-state index contributed by atoms with van der Waals surface area (Å²) in [6, 6.07) is 9.61. The first kappa shape index (κ1) is 14.7. The number of alkyl halides is 3. The van der Waals surface area contributed by atoms with Crippen molar-refractivity contribution in [1.29, 1.82) is 5.26 Å². The van der Waals surface area contributed by atoms with Gasteiger partial charge in [-0.15, -0.1) is 5.10 Å². The first-order valence-corrected chi connectivity index (χ1v) is 6.43. The molecule has 8 heteroatoms. The summed E-state index contributed by atoms with van der Waals surface area (Å²) < 4.78 is 38.4. The topological polar surface area (TPSA) is 78.2 Å². The zero-order chi connectivity index (χ0) is 16.4. The van der Waals surface area contributed by atoms with Gasteiger partial charge in [-0.25, -0.2) is 5.10 Å². The van der Waals surface area contributed by atoms with Gasteiger partial charge in [0.05, 0.1) is 5.56 Å². The van der Waals surface area contributed by atoms with Crippen molar-refractivity contribution < 1.29 is 13.2 Å². The fourth-order valence-electron chi connectivity index (χ4n) is 2.11. The molecule has 1 N–H and O–H groups in total. The van der Waals surface area contributed by atoms with E-state index in [1.165, 1.54) is 6.20 Å². The van der Waals surface area contributed by atoms with Crippen LogP contribution in [0.15, 0.2) is 42.7 Å². The lowest BCUT2D eigenvalue weighted by Crippen LogP contribution is -2.05. The van der Waals surface area contributed by atoms with Crippen LogP contribution in [0.4, 0.5) is 13.2 Å². The lowest BCUT2D eigenvalue weighted by atomic mass is 10.0. The van der Waals surface area contributed by atoms with Gasteiger partial charge in [0.1, 0.15) is 11.8 Å². The smallest absolute Gasteiger partial charge is 0.263 e.